The fourth-order valence-corrected chi connectivity index (χ4v) is 3.31. The molecule has 0 saturated carbocycles. The van der Waals surface area contributed by atoms with Gasteiger partial charge in [0, 0.05) is 29.8 Å². The number of halogens is 1. The summed E-state index contributed by atoms with van der Waals surface area (Å²) in [5.41, 5.74) is 2.82. The first-order valence-corrected chi connectivity index (χ1v) is 9.00. The first kappa shape index (κ1) is 16.8. The number of hydrogen-bond donors (Lipinski definition) is 1. The SMILES string of the molecule is CC(C)CNCc1ccc(Br)cc1N1CCC(C)C(C)C1. The lowest BCUT2D eigenvalue weighted by Gasteiger charge is -2.38. The smallest absolute Gasteiger partial charge is 0.0423 e. The van der Waals surface area contributed by atoms with E-state index in [9.17, 15) is 0 Å². The number of piperidine rings is 1. The van der Waals surface area contributed by atoms with Crippen molar-refractivity contribution in [3.63, 3.8) is 0 Å². The molecule has 1 aliphatic heterocycles. The molecule has 118 valence electrons. The Kier molecular flexibility index (Phi) is 6.12. The summed E-state index contributed by atoms with van der Waals surface area (Å²) >= 11 is 3.63. The maximum atomic E-state index is 3.63. The monoisotopic (exact) mass is 352 g/mol. The van der Waals surface area contributed by atoms with E-state index in [2.05, 4.69) is 72.0 Å². The molecule has 1 aromatic carbocycles. The molecule has 2 rings (SSSR count). The van der Waals surface area contributed by atoms with Crippen LogP contribution in [-0.4, -0.2) is 19.6 Å². The van der Waals surface area contributed by atoms with Crippen LogP contribution in [0.2, 0.25) is 0 Å². The molecule has 0 aromatic heterocycles. The Hall–Kier alpha value is -0.540. The van der Waals surface area contributed by atoms with Gasteiger partial charge < -0.3 is 10.2 Å². The van der Waals surface area contributed by atoms with Gasteiger partial charge in [-0.2, -0.15) is 0 Å². The molecule has 2 atom stereocenters. The highest BCUT2D eigenvalue weighted by molar-refractivity contribution is 9.10. The Morgan fingerprint density at radius 3 is 2.71 bits per heavy atom. The third kappa shape index (κ3) is 4.72. The van der Waals surface area contributed by atoms with E-state index < -0.39 is 0 Å². The third-order valence-electron chi connectivity index (χ3n) is 4.59. The summed E-state index contributed by atoms with van der Waals surface area (Å²) in [6.45, 7) is 13.7. The molecule has 1 saturated heterocycles. The second-order valence-electron chi connectivity index (χ2n) is 6.99. The molecular weight excluding hydrogens is 324 g/mol. The lowest BCUT2D eigenvalue weighted by atomic mass is 9.88. The van der Waals surface area contributed by atoms with Crippen molar-refractivity contribution >= 4 is 21.6 Å². The van der Waals surface area contributed by atoms with E-state index in [0.717, 1.165) is 24.9 Å². The molecule has 0 amide bonds. The molecular formula is C18H29BrN2. The zero-order chi connectivity index (χ0) is 15.4. The van der Waals surface area contributed by atoms with E-state index in [-0.39, 0.29) is 0 Å². The van der Waals surface area contributed by atoms with E-state index >= 15 is 0 Å². The zero-order valence-corrected chi connectivity index (χ0v) is 15.4. The standard InChI is InChI=1S/C18H29BrN2/c1-13(2)10-20-11-16-5-6-17(19)9-18(16)21-8-7-14(3)15(4)12-21/h5-6,9,13-15,20H,7-8,10-12H2,1-4H3. The maximum absolute atomic E-state index is 3.63. The lowest BCUT2D eigenvalue weighted by Crippen LogP contribution is -2.39. The van der Waals surface area contributed by atoms with Crippen molar-refractivity contribution in [1.82, 2.24) is 5.32 Å². The fourth-order valence-electron chi connectivity index (χ4n) is 2.96. The third-order valence-corrected chi connectivity index (χ3v) is 5.08. The van der Waals surface area contributed by atoms with E-state index in [4.69, 9.17) is 0 Å². The van der Waals surface area contributed by atoms with Gasteiger partial charge in [0.05, 0.1) is 0 Å². The van der Waals surface area contributed by atoms with Gasteiger partial charge in [-0.05, 0) is 48.4 Å². The van der Waals surface area contributed by atoms with Crippen molar-refractivity contribution in [3.8, 4) is 0 Å². The molecule has 1 aromatic rings. The van der Waals surface area contributed by atoms with Gasteiger partial charge in [0.2, 0.25) is 0 Å². The highest BCUT2D eigenvalue weighted by atomic mass is 79.9. The Morgan fingerprint density at radius 1 is 1.29 bits per heavy atom. The highest BCUT2D eigenvalue weighted by Crippen LogP contribution is 2.31. The topological polar surface area (TPSA) is 15.3 Å². The summed E-state index contributed by atoms with van der Waals surface area (Å²) in [5.74, 6) is 2.31. The van der Waals surface area contributed by atoms with Crippen molar-refractivity contribution in [3.05, 3.63) is 28.2 Å². The quantitative estimate of drug-likeness (QED) is 0.827. The molecule has 1 aliphatic rings. The van der Waals surface area contributed by atoms with Crippen molar-refractivity contribution in [1.29, 1.82) is 0 Å². The molecule has 0 radical (unpaired) electrons. The van der Waals surface area contributed by atoms with Gasteiger partial charge in [0.1, 0.15) is 0 Å². The number of rotatable bonds is 5. The summed E-state index contributed by atoms with van der Waals surface area (Å²) < 4.78 is 1.18. The summed E-state index contributed by atoms with van der Waals surface area (Å²) in [6, 6.07) is 6.70. The van der Waals surface area contributed by atoms with Crippen LogP contribution in [0.3, 0.4) is 0 Å². The van der Waals surface area contributed by atoms with Crippen molar-refractivity contribution < 1.29 is 0 Å². The Balaban J connectivity index is 2.11. The number of nitrogens with one attached hydrogen (secondary N) is 1. The minimum absolute atomic E-state index is 0.694. The summed E-state index contributed by atoms with van der Waals surface area (Å²) in [7, 11) is 0. The Bertz CT molecular complexity index is 459. The summed E-state index contributed by atoms with van der Waals surface area (Å²) in [4.78, 5) is 2.57. The average molecular weight is 353 g/mol. The largest absolute Gasteiger partial charge is 0.371 e. The zero-order valence-electron chi connectivity index (χ0n) is 13.8. The van der Waals surface area contributed by atoms with Crippen LogP contribution in [0.5, 0.6) is 0 Å². The van der Waals surface area contributed by atoms with Crippen LogP contribution in [0, 0.1) is 17.8 Å². The Labute approximate surface area is 138 Å². The molecule has 21 heavy (non-hydrogen) atoms. The number of nitrogens with zero attached hydrogens (tertiary/aromatic N) is 1. The van der Waals surface area contributed by atoms with Gasteiger partial charge in [-0.3, -0.25) is 0 Å². The first-order chi connectivity index (χ1) is 9.97. The molecule has 2 unspecified atom stereocenters. The van der Waals surface area contributed by atoms with Crippen LogP contribution in [0.15, 0.2) is 22.7 Å². The van der Waals surface area contributed by atoms with Gasteiger partial charge in [-0.15, -0.1) is 0 Å². The van der Waals surface area contributed by atoms with Gasteiger partial charge in [0.25, 0.3) is 0 Å². The van der Waals surface area contributed by atoms with Crippen molar-refractivity contribution in [2.24, 2.45) is 17.8 Å². The van der Waals surface area contributed by atoms with Gasteiger partial charge in [-0.1, -0.05) is 49.7 Å². The molecule has 1 heterocycles. The second-order valence-corrected chi connectivity index (χ2v) is 7.90. The van der Waals surface area contributed by atoms with Crippen LogP contribution >= 0.6 is 15.9 Å². The maximum Gasteiger partial charge on any atom is 0.0423 e. The van der Waals surface area contributed by atoms with Gasteiger partial charge >= 0.3 is 0 Å². The van der Waals surface area contributed by atoms with Crippen molar-refractivity contribution in [2.45, 2.75) is 40.7 Å². The van der Waals surface area contributed by atoms with Crippen LogP contribution in [-0.2, 0) is 6.54 Å². The minimum atomic E-state index is 0.694. The fraction of sp³-hybridized carbons (Fsp3) is 0.667. The minimum Gasteiger partial charge on any atom is -0.371 e. The Morgan fingerprint density at radius 2 is 2.05 bits per heavy atom. The van der Waals surface area contributed by atoms with Gasteiger partial charge in [-0.25, -0.2) is 0 Å². The molecule has 1 fully saturated rings. The molecule has 0 spiro atoms. The predicted molar refractivity (Wildman–Crippen MR) is 95.8 cm³/mol. The number of anilines is 1. The van der Waals surface area contributed by atoms with Crippen molar-refractivity contribution in [2.75, 3.05) is 24.5 Å². The van der Waals surface area contributed by atoms with Crippen LogP contribution < -0.4 is 10.2 Å². The van der Waals surface area contributed by atoms with Crippen LogP contribution in [0.1, 0.15) is 39.7 Å². The normalized spacial score (nSPS) is 22.9. The van der Waals surface area contributed by atoms with E-state index in [1.54, 1.807) is 0 Å². The average Bonchev–Trinajstić information content (AvgIpc) is 2.43. The number of hydrogen-bond acceptors (Lipinski definition) is 2. The van der Waals surface area contributed by atoms with E-state index in [0.29, 0.717) is 5.92 Å². The molecule has 0 bridgehead atoms. The molecule has 1 N–H and O–H groups in total. The molecule has 3 heteroatoms. The predicted octanol–water partition coefficient (Wildman–Crippen LogP) is 4.68. The lowest BCUT2D eigenvalue weighted by molar-refractivity contribution is 0.323. The molecule has 0 aliphatic carbocycles. The number of benzene rings is 1. The second kappa shape index (κ2) is 7.64. The van der Waals surface area contributed by atoms with Crippen LogP contribution in [0.25, 0.3) is 0 Å². The summed E-state index contributed by atoms with van der Waals surface area (Å²) in [6.07, 6.45) is 1.30. The highest BCUT2D eigenvalue weighted by Gasteiger charge is 2.24. The summed E-state index contributed by atoms with van der Waals surface area (Å²) in [5, 5.41) is 3.58. The first-order valence-electron chi connectivity index (χ1n) is 8.21. The van der Waals surface area contributed by atoms with E-state index in [1.165, 1.54) is 35.2 Å². The van der Waals surface area contributed by atoms with E-state index in [1.807, 2.05) is 0 Å². The van der Waals surface area contributed by atoms with Gasteiger partial charge in [0.15, 0.2) is 0 Å². The van der Waals surface area contributed by atoms with Crippen LogP contribution in [0.4, 0.5) is 5.69 Å². The molecule has 2 nitrogen and oxygen atoms in total.